The zero-order valence-corrected chi connectivity index (χ0v) is 16.8. The SMILES string of the molecule is COc1cc(C(=O)NNC(=O)CC23CC4CC(CC(C4)C2)C3)cc2c1OCCO2. The number of hydrazine groups is 1. The Labute approximate surface area is 170 Å². The molecule has 29 heavy (non-hydrogen) atoms. The van der Waals surface area contributed by atoms with Crippen molar-refractivity contribution in [1.82, 2.24) is 10.9 Å². The number of carbonyl (C=O) groups excluding carboxylic acids is 2. The molecule has 1 heterocycles. The average molecular weight is 400 g/mol. The number of benzene rings is 1. The van der Waals surface area contributed by atoms with Crippen molar-refractivity contribution in [2.75, 3.05) is 20.3 Å². The standard InChI is InChI=1S/C22H28N2O5/c1-27-17-7-16(8-18-20(17)29-3-2-28-18)21(26)24-23-19(25)12-22-9-13-4-14(10-22)6-15(5-13)11-22/h7-8,13-15H,2-6,9-12H2,1H3,(H,23,25)(H,24,26). The molecule has 0 aromatic heterocycles. The first-order valence-electron chi connectivity index (χ1n) is 10.6. The fourth-order valence-electron chi connectivity index (χ4n) is 6.49. The highest BCUT2D eigenvalue weighted by molar-refractivity contribution is 5.96. The Morgan fingerprint density at radius 2 is 1.69 bits per heavy atom. The van der Waals surface area contributed by atoms with Crippen LogP contribution in [0.1, 0.15) is 55.3 Å². The molecule has 0 saturated heterocycles. The van der Waals surface area contributed by atoms with Gasteiger partial charge in [0.15, 0.2) is 11.5 Å². The molecule has 0 radical (unpaired) electrons. The predicted molar refractivity (Wildman–Crippen MR) is 105 cm³/mol. The van der Waals surface area contributed by atoms with Crippen LogP contribution in [0.25, 0.3) is 0 Å². The fourth-order valence-corrected chi connectivity index (χ4v) is 6.49. The lowest BCUT2D eigenvalue weighted by Gasteiger charge is -2.56. The van der Waals surface area contributed by atoms with Crippen LogP contribution in [0.4, 0.5) is 0 Å². The van der Waals surface area contributed by atoms with Crippen LogP contribution in [-0.2, 0) is 4.79 Å². The summed E-state index contributed by atoms with van der Waals surface area (Å²) in [5, 5.41) is 0. The van der Waals surface area contributed by atoms with E-state index < -0.39 is 5.91 Å². The number of fused-ring (bicyclic) bond motifs is 1. The van der Waals surface area contributed by atoms with E-state index in [1.807, 2.05) is 0 Å². The molecule has 1 aromatic carbocycles. The van der Waals surface area contributed by atoms with Gasteiger partial charge in [-0.15, -0.1) is 0 Å². The molecule has 0 spiro atoms. The quantitative estimate of drug-likeness (QED) is 0.759. The minimum atomic E-state index is -0.404. The molecule has 4 aliphatic carbocycles. The molecule has 0 atom stereocenters. The summed E-state index contributed by atoms with van der Waals surface area (Å²) in [7, 11) is 1.52. The summed E-state index contributed by atoms with van der Waals surface area (Å²) in [5.41, 5.74) is 5.66. The smallest absolute Gasteiger partial charge is 0.269 e. The third-order valence-electron chi connectivity index (χ3n) is 7.11. The summed E-state index contributed by atoms with van der Waals surface area (Å²) < 4.78 is 16.4. The Hall–Kier alpha value is -2.44. The van der Waals surface area contributed by atoms with Gasteiger partial charge in [0, 0.05) is 12.0 Å². The van der Waals surface area contributed by atoms with Gasteiger partial charge in [-0.2, -0.15) is 0 Å². The average Bonchev–Trinajstić information content (AvgIpc) is 2.69. The molecule has 7 nitrogen and oxygen atoms in total. The van der Waals surface area contributed by atoms with E-state index in [4.69, 9.17) is 14.2 Å². The van der Waals surface area contributed by atoms with Gasteiger partial charge < -0.3 is 14.2 Å². The van der Waals surface area contributed by atoms with E-state index in [9.17, 15) is 9.59 Å². The number of rotatable bonds is 4. The zero-order valence-electron chi connectivity index (χ0n) is 16.8. The lowest BCUT2D eigenvalue weighted by molar-refractivity contribution is -0.130. The number of hydrogen-bond acceptors (Lipinski definition) is 5. The summed E-state index contributed by atoms with van der Waals surface area (Å²) >= 11 is 0. The Kier molecular flexibility index (Phi) is 4.56. The summed E-state index contributed by atoms with van der Waals surface area (Å²) in [4.78, 5) is 25.2. The van der Waals surface area contributed by atoms with Crippen molar-refractivity contribution in [3.05, 3.63) is 17.7 Å². The van der Waals surface area contributed by atoms with E-state index in [0.29, 0.717) is 42.4 Å². The molecule has 4 saturated carbocycles. The van der Waals surface area contributed by atoms with E-state index in [1.165, 1.54) is 45.6 Å². The van der Waals surface area contributed by atoms with Crippen LogP contribution in [0.2, 0.25) is 0 Å². The molecule has 2 N–H and O–H groups in total. The number of methoxy groups -OCH3 is 1. The molecule has 4 bridgehead atoms. The largest absolute Gasteiger partial charge is 0.493 e. The van der Waals surface area contributed by atoms with Crippen molar-refractivity contribution < 1.29 is 23.8 Å². The lowest BCUT2D eigenvalue weighted by Crippen LogP contribution is -2.50. The van der Waals surface area contributed by atoms with Crippen LogP contribution < -0.4 is 25.1 Å². The van der Waals surface area contributed by atoms with Crippen LogP contribution in [0.3, 0.4) is 0 Å². The Morgan fingerprint density at radius 3 is 2.34 bits per heavy atom. The molecule has 5 aliphatic rings. The number of carbonyl (C=O) groups is 2. The Morgan fingerprint density at radius 1 is 1.03 bits per heavy atom. The molecule has 2 amide bonds. The molecule has 156 valence electrons. The highest BCUT2D eigenvalue weighted by Crippen LogP contribution is 2.61. The highest BCUT2D eigenvalue weighted by atomic mass is 16.6. The van der Waals surface area contributed by atoms with Crippen molar-refractivity contribution in [1.29, 1.82) is 0 Å². The highest BCUT2D eigenvalue weighted by Gasteiger charge is 2.51. The second kappa shape index (κ2) is 7.11. The predicted octanol–water partition coefficient (Wildman–Crippen LogP) is 2.83. The molecule has 4 fully saturated rings. The number of ether oxygens (including phenoxy) is 3. The minimum absolute atomic E-state index is 0.107. The number of amides is 2. The van der Waals surface area contributed by atoms with Gasteiger partial charge in [-0.25, -0.2) is 0 Å². The van der Waals surface area contributed by atoms with Crippen LogP contribution >= 0.6 is 0 Å². The van der Waals surface area contributed by atoms with Crippen molar-refractivity contribution >= 4 is 11.8 Å². The van der Waals surface area contributed by atoms with Gasteiger partial charge in [-0.05, 0) is 73.8 Å². The second-order valence-electron chi connectivity index (χ2n) is 9.30. The van der Waals surface area contributed by atoms with E-state index in [2.05, 4.69) is 10.9 Å². The second-order valence-corrected chi connectivity index (χ2v) is 9.30. The van der Waals surface area contributed by atoms with Gasteiger partial charge in [-0.1, -0.05) is 0 Å². The van der Waals surface area contributed by atoms with E-state index in [1.54, 1.807) is 12.1 Å². The van der Waals surface area contributed by atoms with Gasteiger partial charge in [0.2, 0.25) is 11.7 Å². The summed E-state index contributed by atoms with van der Waals surface area (Å²) in [5.74, 6) is 3.30. The number of hydrogen-bond donors (Lipinski definition) is 2. The van der Waals surface area contributed by atoms with Crippen molar-refractivity contribution in [2.45, 2.75) is 44.9 Å². The lowest BCUT2D eigenvalue weighted by atomic mass is 9.49. The van der Waals surface area contributed by atoms with Gasteiger partial charge in [0.25, 0.3) is 5.91 Å². The topological polar surface area (TPSA) is 85.9 Å². The van der Waals surface area contributed by atoms with Crippen LogP contribution in [0, 0.1) is 23.2 Å². The molecule has 7 heteroatoms. The maximum Gasteiger partial charge on any atom is 0.269 e. The first-order valence-corrected chi connectivity index (χ1v) is 10.6. The van der Waals surface area contributed by atoms with Crippen LogP contribution in [0.15, 0.2) is 12.1 Å². The van der Waals surface area contributed by atoms with Crippen LogP contribution in [0.5, 0.6) is 17.2 Å². The van der Waals surface area contributed by atoms with Gasteiger partial charge in [-0.3, -0.25) is 20.4 Å². The van der Waals surface area contributed by atoms with Crippen molar-refractivity contribution in [3.63, 3.8) is 0 Å². The van der Waals surface area contributed by atoms with Crippen LogP contribution in [-0.4, -0.2) is 32.1 Å². The third kappa shape index (κ3) is 3.51. The van der Waals surface area contributed by atoms with E-state index in [-0.39, 0.29) is 11.3 Å². The van der Waals surface area contributed by atoms with Gasteiger partial charge in [0.05, 0.1) is 7.11 Å². The Bertz CT molecular complexity index is 784. The summed E-state index contributed by atoms with van der Waals surface area (Å²) in [6.45, 7) is 0.859. The Balaban J connectivity index is 1.21. The van der Waals surface area contributed by atoms with Gasteiger partial charge >= 0.3 is 0 Å². The van der Waals surface area contributed by atoms with Crippen molar-refractivity contribution in [3.8, 4) is 17.2 Å². The first kappa shape index (κ1) is 18.6. The normalized spacial score (nSPS) is 31.3. The maximum atomic E-state index is 12.6. The third-order valence-corrected chi connectivity index (χ3v) is 7.11. The molecular weight excluding hydrogens is 372 g/mol. The zero-order chi connectivity index (χ0) is 20.0. The molecular formula is C22H28N2O5. The van der Waals surface area contributed by atoms with E-state index in [0.717, 1.165) is 17.8 Å². The first-order chi connectivity index (χ1) is 14.0. The summed E-state index contributed by atoms with van der Waals surface area (Å²) in [6.07, 6.45) is 8.05. The molecule has 1 aliphatic heterocycles. The maximum absolute atomic E-state index is 12.6. The molecule has 1 aromatic rings. The number of nitrogens with one attached hydrogen (secondary N) is 2. The summed E-state index contributed by atoms with van der Waals surface area (Å²) in [6, 6.07) is 3.20. The van der Waals surface area contributed by atoms with Crippen molar-refractivity contribution in [2.24, 2.45) is 23.2 Å². The molecule has 0 unspecified atom stereocenters. The van der Waals surface area contributed by atoms with Gasteiger partial charge in [0.1, 0.15) is 13.2 Å². The fraction of sp³-hybridized carbons (Fsp3) is 0.636. The monoisotopic (exact) mass is 400 g/mol. The van der Waals surface area contributed by atoms with E-state index >= 15 is 0 Å². The molecule has 6 rings (SSSR count). The minimum Gasteiger partial charge on any atom is -0.493 e.